The molecule has 0 unspecified atom stereocenters. The summed E-state index contributed by atoms with van der Waals surface area (Å²) in [5, 5.41) is 3.52. The van der Waals surface area contributed by atoms with Crippen LogP contribution >= 0.6 is 0 Å². The number of anilines is 1. The van der Waals surface area contributed by atoms with Crippen molar-refractivity contribution in [1.29, 1.82) is 0 Å². The van der Waals surface area contributed by atoms with Gasteiger partial charge in [-0.25, -0.2) is 13.2 Å². The number of carbonyl (C=O) groups excluding carboxylic acids is 2. The normalized spacial score (nSPS) is 14.6. The third-order valence-electron chi connectivity index (χ3n) is 6.26. The van der Waals surface area contributed by atoms with Crippen molar-refractivity contribution in [3.05, 3.63) is 53.2 Å². The van der Waals surface area contributed by atoms with Crippen molar-refractivity contribution in [2.24, 2.45) is 0 Å². The molecule has 0 spiro atoms. The van der Waals surface area contributed by atoms with Gasteiger partial charge in [-0.2, -0.15) is 4.31 Å². The zero-order chi connectivity index (χ0) is 25.2. The predicted octanol–water partition coefficient (Wildman–Crippen LogP) is 3.76. The number of benzene rings is 2. The monoisotopic (exact) mass is 499 g/mol. The standard InChI is InChI=1S/C25H29N3O6S/c1-16-17(2)26-21-9-7-18(13-20(16)21)25(30)34-15-24(29)27-19-8-10-22(33-3)23(14-19)35(31,32)28-11-5-4-6-12-28/h7-10,13-14,26H,4-6,11-12,15H2,1-3H3,(H,27,29). The first kappa shape index (κ1) is 24.7. The number of esters is 1. The van der Waals surface area contributed by atoms with E-state index in [2.05, 4.69) is 10.3 Å². The van der Waals surface area contributed by atoms with Crippen molar-refractivity contribution in [3.63, 3.8) is 0 Å². The molecule has 2 heterocycles. The van der Waals surface area contributed by atoms with Gasteiger partial charge in [0.05, 0.1) is 12.7 Å². The average Bonchev–Trinajstić information content (AvgIpc) is 3.15. The molecule has 4 rings (SSSR count). The van der Waals surface area contributed by atoms with Crippen molar-refractivity contribution in [2.45, 2.75) is 38.0 Å². The number of methoxy groups -OCH3 is 1. The van der Waals surface area contributed by atoms with Crippen LogP contribution in [0.2, 0.25) is 0 Å². The molecular weight excluding hydrogens is 470 g/mol. The Morgan fingerprint density at radius 1 is 1.06 bits per heavy atom. The lowest BCUT2D eigenvalue weighted by molar-refractivity contribution is -0.119. The van der Waals surface area contributed by atoms with Gasteiger partial charge in [0.25, 0.3) is 5.91 Å². The molecule has 9 nitrogen and oxygen atoms in total. The molecule has 186 valence electrons. The topological polar surface area (TPSA) is 118 Å². The van der Waals surface area contributed by atoms with Gasteiger partial charge in [-0.05, 0) is 68.7 Å². The SMILES string of the molecule is COc1ccc(NC(=O)COC(=O)c2ccc3[nH]c(C)c(C)c3c2)cc1S(=O)(=O)N1CCCCC1. The van der Waals surface area contributed by atoms with Gasteiger partial charge in [0.2, 0.25) is 10.0 Å². The molecule has 10 heteroatoms. The number of nitrogens with one attached hydrogen (secondary N) is 2. The summed E-state index contributed by atoms with van der Waals surface area (Å²) in [6, 6.07) is 9.57. The fourth-order valence-electron chi connectivity index (χ4n) is 4.20. The van der Waals surface area contributed by atoms with E-state index in [-0.39, 0.29) is 16.3 Å². The highest BCUT2D eigenvalue weighted by molar-refractivity contribution is 7.89. The van der Waals surface area contributed by atoms with Gasteiger partial charge < -0.3 is 19.8 Å². The molecule has 35 heavy (non-hydrogen) atoms. The Hall–Kier alpha value is -3.37. The van der Waals surface area contributed by atoms with Crippen LogP contribution in [-0.2, 0) is 19.6 Å². The van der Waals surface area contributed by atoms with E-state index >= 15 is 0 Å². The molecule has 1 aliphatic rings. The summed E-state index contributed by atoms with van der Waals surface area (Å²) in [4.78, 5) is 28.2. The van der Waals surface area contributed by atoms with Crippen molar-refractivity contribution < 1.29 is 27.5 Å². The van der Waals surface area contributed by atoms with E-state index in [0.717, 1.165) is 41.4 Å². The minimum absolute atomic E-state index is 0.0119. The molecule has 2 aromatic carbocycles. The number of rotatable bonds is 7. The number of carbonyl (C=O) groups is 2. The van der Waals surface area contributed by atoms with E-state index in [4.69, 9.17) is 9.47 Å². The number of aromatic nitrogens is 1. The molecule has 3 aromatic rings. The number of aryl methyl sites for hydroxylation is 2. The van der Waals surface area contributed by atoms with E-state index in [1.165, 1.54) is 23.5 Å². The molecule has 0 saturated carbocycles. The van der Waals surface area contributed by atoms with Crippen LogP contribution in [0.4, 0.5) is 5.69 Å². The number of hydrogen-bond acceptors (Lipinski definition) is 6. The van der Waals surface area contributed by atoms with Gasteiger partial charge in [-0.1, -0.05) is 6.42 Å². The number of sulfonamides is 1. The highest BCUT2D eigenvalue weighted by Crippen LogP contribution is 2.31. The maximum Gasteiger partial charge on any atom is 0.338 e. The van der Waals surface area contributed by atoms with Crippen LogP contribution in [-0.4, -0.2) is 56.4 Å². The summed E-state index contributed by atoms with van der Waals surface area (Å²) in [5.41, 5.74) is 3.59. The summed E-state index contributed by atoms with van der Waals surface area (Å²) in [6.45, 7) is 4.31. The largest absolute Gasteiger partial charge is 0.495 e. The number of nitrogens with zero attached hydrogens (tertiary/aromatic N) is 1. The number of ether oxygens (including phenoxy) is 2. The lowest BCUT2D eigenvalue weighted by Crippen LogP contribution is -2.35. The van der Waals surface area contributed by atoms with Crippen LogP contribution in [0.5, 0.6) is 5.75 Å². The number of aromatic amines is 1. The van der Waals surface area contributed by atoms with Crippen LogP contribution in [0.3, 0.4) is 0 Å². The van der Waals surface area contributed by atoms with Crippen molar-refractivity contribution in [3.8, 4) is 5.75 Å². The van der Waals surface area contributed by atoms with Crippen LogP contribution in [0, 0.1) is 13.8 Å². The smallest absolute Gasteiger partial charge is 0.338 e. The fourth-order valence-corrected chi connectivity index (χ4v) is 5.90. The number of hydrogen-bond donors (Lipinski definition) is 2. The summed E-state index contributed by atoms with van der Waals surface area (Å²) in [6.07, 6.45) is 2.61. The summed E-state index contributed by atoms with van der Waals surface area (Å²) >= 11 is 0. The predicted molar refractivity (Wildman–Crippen MR) is 132 cm³/mol. The average molecular weight is 500 g/mol. The second-order valence-electron chi connectivity index (χ2n) is 8.59. The minimum Gasteiger partial charge on any atom is -0.495 e. The first-order valence-corrected chi connectivity index (χ1v) is 12.9. The third kappa shape index (κ3) is 5.18. The third-order valence-corrected chi connectivity index (χ3v) is 8.18. The van der Waals surface area contributed by atoms with E-state index in [0.29, 0.717) is 18.7 Å². The Bertz CT molecular complexity index is 1370. The highest BCUT2D eigenvalue weighted by atomic mass is 32.2. The van der Waals surface area contributed by atoms with E-state index in [1.54, 1.807) is 24.3 Å². The summed E-state index contributed by atoms with van der Waals surface area (Å²) in [5.74, 6) is -1.01. The second-order valence-corrected chi connectivity index (χ2v) is 10.5. The Labute approximate surface area is 204 Å². The molecule has 1 aliphatic heterocycles. The first-order chi connectivity index (χ1) is 16.7. The van der Waals surface area contributed by atoms with E-state index in [9.17, 15) is 18.0 Å². The van der Waals surface area contributed by atoms with Crippen molar-refractivity contribution in [1.82, 2.24) is 9.29 Å². The zero-order valence-corrected chi connectivity index (χ0v) is 20.8. The van der Waals surface area contributed by atoms with Gasteiger partial charge in [0.15, 0.2) is 6.61 Å². The van der Waals surface area contributed by atoms with Gasteiger partial charge in [0, 0.05) is 35.4 Å². The summed E-state index contributed by atoms with van der Waals surface area (Å²) in [7, 11) is -2.38. The number of piperidine rings is 1. The lowest BCUT2D eigenvalue weighted by atomic mass is 10.1. The molecule has 2 N–H and O–H groups in total. The second kappa shape index (κ2) is 10.1. The fraction of sp³-hybridized carbons (Fsp3) is 0.360. The Kier molecular flexibility index (Phi) is 7.13. The van der Waals surface area contributed by atoms with Crippen LogP contribution in [0.15, 0.2) is 41.3 Å². The molecule has 0 aliphatic carbocycles. The lowest BCUT2D eigenvalue weighted by Gasteiger charge is -2.26. The van der Waals surface area contributed by atoms with Gasteiger partial charge >= 0.3 is 5.97 Å². The number of amides is 1. The van der Waals surface area contributed by atoms with Gasteiger partial charge in [-0.3, -0.25) is 4.79 Å². The molecule has 1 aromatic heterocycles. The van der Waals surface area contributed by atoms with Crippen LogP contribution in [0.25, 0.3) is 10.9 Å². The Morgan fingerprint density at radius 2 is 1.80 bits per heavy atom. The minimum atomic E-state index is -3.78. The molecule has 0 radical (unpaired) electrons. The van der Waals surface area contributed by atoms with E-state index in [1.807, 2.05) is 13.8 Å². The van der Waals surface area contributed by atoms with Gasteiger partial charge in [0.1, 0.15) is 10.6 Å². The highest BCUT2D eigenvalue weighted by Gasteiger charge is 2.29. The molecule has 0 bridgehead atoms. The van der Waals surface area contributed by atoms with Crippen molar-refractivity contribution >= 4 is 38.5 Å². The van der Waals surface area contributed by atoms with Crippen molar-refractivity contribution in [2.75, 3.05) is 32.1 Å². The van der Waals surface area contributed by atoms with E-state index < -0.39 is 28.5 Å². The zero-order valence-electron chi connectivity index (χ0n) is 20.0. The maximum atomic E-state index is 13.2. The Morgan fingerprint density at radius 3 is 2.51 bits per heavy atom. The van der Waals surface area contributed by atoms with Crippen LogP contribution in [0.1, 0.15) is 40.9 Å². The maximum absolute atomic E-state index is 13.2. The van der Waals surface area contributed by atoms with Crippen LogP contribution < -0.4 is 10.1 Å². The quantitative estimate of drug-likeness (QED) is 0.478. The number of H-pyrrole nitrogens is 1. The molecule has 1 fully saturated rings. The molecular formula is C25H29N3O6S. The Balaban J connectivity index is 1.44. The molecule has 1 saturated heterocycles. The molecule has 1 amide bonds. The molecule has 0 atom stereocenters. The summed E-state index contributed by atoms with van der Waals surface area (Å²) < 4.78 is 38.2. The first-order valence-electron chi connectivity index (χ1n) is 11.4. The van der Waals surface area contributed by atoms with Gasteiger partial charge in [-0.15, -0.1) is 0 Å². The number of fused-ring (bicyclic) bond motifs is 1.